The lowest BCUT2D eigenvalue weighted by molar-refractivity contribution is 0.0810. The molecule has 35 heavy (non-hydrogen) atoms. The zero-order chi connectivity index (χ0) is 23.9. The Morgan fingerprint density at radius 2 is 2.00 bits per heavy atom. The number of nitrogens with zero attached hydrogens (tertiary/aromatic N) is 6. The van der Waals surface area contributed by atoms with Gasteiger partial charge in [-0.05, 0) is 54.9 Å². The molecule has 2 bridgehead atoms. The topological polar surface area (TPSA) is 90.2 Å². The molecule has 2 aliphatic heterocycles. The van der Waals surface area contributed by atoms with E-state index in [0.717, 1.165) is 38.0 Å². The standard InChI is InChI=1S/C24H27ClFN7O2/c1-34-20-10-19(11-27-30-20)32-12-14-3-4-15(13-32)21(14)28-24-29-23-22(35-6-2-5-33(23)31-24)16-7-17(25)9-18(26)8-16/h7-11,14-15,21-22H,2-6,12-13H2,1H3,(H,28,31)/t14-,15+,21?,22-/m0/s1. The van der Waals surface area contributed by atoms with Crippen molar-refractivity contribution in [3.05, 3.63) is 52.7 Å². The molecule has 6 rings (SSSR count). The quantitative estimate of drug-likeness (QED) is 0.568. The Morgan fingerprint density at radius 1 is 1.17 bits per heavy atom. The molecule has 1 N–H and O–H groups in total. The van der Waals surface area contributed by atoms with Crippen LogP contribution in [0.25, 0.3) is 0 Å². The minimum atomic E-state index is -0.513. The maximum absolute atomic E-state index is 14.1. The zero-order valence-electron chi connectivity index (χ0n) is 19.4. The summed E-state index contributed by atoms with van der Waals surface area (Å²) in [7, 11) is 1.60. The Morgan fingerprint density at radius 3 is 2.77 bits per heavy atom. The van der Waals surface area contributed by atoms with E-state index in [1.807, 2.05) is 10.7 Å². The molecule has 4 atom stereocenters. The van der Waals surface area contributed by atoms with Crippen LogP contribution in [0.5, 0.6) is 5.88 Å². The van der Waals surface area contributed by atoms with Gasteiger partial charge in [0.25, 0.3) is 0 Å². The first-order chi connectivity index (χ1) is 17.1. The van der Waals surface area contributed by atoms with Gasteiger partial charge in [-0.25, -0.2) is 9.07 Å². The highest BCUT2D eigenvalue weighted by molar-refractivity contribution is 6.30. The number of benzene rings is 1. The highest BCUT2D eigenvalue weighted by Gasteiger charge is 2.43. The van der Waals surface area contributed by atoms with Crippen LogP contribution >= 0.6 is 11.6 Å². The van der Waals surface area contributed by atoms with Crippen molar-refractivity contribution >= 4 is 23.2 Å². The summed E-state index contributed by atoms with van der Waals surface area (Å²) in [5, 5.41) is 16.8. The summed E-state index contributed by atoms with van der Waals surface area (Å²) in [5.41, 5.74) is 1.68. The number of piperidine rings is 1. The smallest absolute Gasteiger partial charge is 0.242 e. The lowest BCUT2D eigenvalue weighted by Gasteiger charge is -2.39. The molecular formula is C24H27ClFN7O2. The number of rotatable bonds is 5. The van der Waals surface area contributed by atoms with Crippen LogP contribution in [0.2, 0.25) is 5.02 Å². The highest BCUT2D eigenvalue weighted by atomic mass is 35.5. The molecule has 11 heteroatoms. The fourth-order valence-electron chi connectivity index (χ4n) is 5.66. The van der Waals surface area contributed by atoms with Crippen molar-refractivity contribution in [2.24, 2.45) is 11.8 Å². The van der Waals surface area contributed by atoms with E-state index in [4.69, 9.17) is 31.2 Å². The second-order valence-electron chi connectivity index (χ2n) is 9.45. The van der Waals surface area contributed by atoms with Crippen LogP contribution in [0.15, 0.2) is 30.5 Å². The molecule has 9 nitrogen and oxygen atoms in total. The van der Waals surface area contributed by atoms with Crippen molar-refractivity contribution < 1.29 is 13.9 Å². The van der Waals surface area contributed by atoms with E-state index in [9.17, 15) is 4.39 Å². The second kappa shape index (κ2) is 9.23. The Hall–Kier alpha value is -2.98. The Kier molecular flexibility index (Phi) is 5.93. The lowest BCUT2D eigenvalue weighted by Crippen LogP contribution is -2.48. The van der Waals surface area contributed by atoms with Gasteiger partial charge in [-0.3, -0.25) is 0 Å². The van der Waals surface area contributed by atoms with Crippen LogP contribution in [0.3, 0.4) is 0 Å². The molecule has 1 unspecified atom stereocenters. The summed E-state index contributed by atoms with van der Waals surface area (Å²) < 4.78 is 27.2. The van der Waals surface area contributed by atoms with Crippen LogP contribution in [0.4, 0.5) is 16.0 Å². The van der Waals surface area contributed by atoms with Crippen molar-refractivity contribution in [2.45, 2.75) is 38.0 Å². The largest absolute Gasteiger partial charge is 0.480 e. The van der Waals surface area contributed by atoms with E-state index >= 15 is 0 Å². The second-order valence-corrected chi connectivity index (χ2v) is 9.89. The average Bonchev–Trinajstić information content (AvgIpc) is 3.25. The van der Waals surface area contributed by atoms with Crippen LogP contribution in [0.1, 0.15) is 36.8 Å². The van der Waals surface area contributed by atoms with Gasteiger partial charge in [0.1, 0.15) is 11.9 Å². The van der Waals surface area contributed by atoms with Crippen molar-refractivity contribution in [3.8, 4) is 5.88 Å². The van der Waals surface area contributed by atoms with Gasteiger partial charge in [-0.15, -0.1) is 10.2 Å². The third-order valence-corrected chi connectivity index (χ3v) is 7.46. The molecule has 1 aliphatic carbocycles. The monoisotopic (exact) mass is 499 g/mol. The first-order valence-electron chi connectivity index (χ1n) is 12.0. The third-order valence-electron chi connectivity index (χ3n) is 7.24. The van der Waals surface area contributed by atoms with Gasteiger partial charge in [0.15, 0.2) is 5.82 Å². The molecule has 0 radical (unpaired) electrons. The first kappa shape index (κ1) is 22.5. The fourth-order valence-corrected chi connectivity index (χ4v) is 5.89. The average molecular weight is 500 g/mol. The predicted octanol–water partition coefficient (Wildman–Crippen LogP) is 3.71. The van der Waals surface area contributed by atoms with Crippen molar-refractivity contribution in [1.29, 1.82) is 0 Å². The third kappa shape index (κ3) is 4.40. The van der Waals surface area contributed by atoms with Gasteiger partial charge < -0.3 is 19.7 Å². The fraction of sp³-hybridized carbons (Fsp3) is 0.500. The SMILES string of the molecule is COc1cc(N2C[C@H]3CC[C@@H](C2)C3Nc2nc3n(n2)CCCO[C@H]3c2cc(F)cc(Cl)c2)cnn1. The van der Waals surface area contributed by atoms with E-state index in [1.165, 1.54) is 12.1 Å². The van der Waals surface area contributed by atoms with E-state index in [1.54, 1.807) is 19.4 Å². The van der Waals surface area contributed by atoms with Crippen LogP contribution in [-0.4, -0.2) is 57.8 Å². The predicted molar refractivity (Wildman–Crippen MR) is 128 cm³/mol. The van der Waals surface area contributed by atoms with Crippen molar-refractivity contribution in [2.75, 3.05) is 37.0 Å². The molecule has 0 spiro atoms. The summed E-state index contributed by atoms with van der Waals surface area (Å²) in [4.78, 5) is 7.19. The molecule has 2 fully saturated rings. The molecule has 1 saturated carbocycles. The van der Waals surface area contributed by atoms with Gasteiger partial charge in [0, 0.05) is 43.4 Å². The molecule has 4 heterocycles. The number of hydrogen-bond acceptors (Lipinski definition) is 8. The Bertz CT molecular complexity index is 1190. The normalized spacial score (nSPS) is 25.7. The van der Waals surface area contributed by atoms with E-state index in [2.05, 4.69) is 20.4 Å². The Labute approximate surface area is 207 Å². The van der Waals surface area contributed by atoms with E-state index < -0.39 is 11.9 Å². The number of ether oxygens (including phenoxy) is 2. The van der Waals surface area contributed by atoms with Gasteiger partial charge in [-0.2, -0.15) is 10.1 Å². The summed E-state index contributed by atoms with van der Waals surface area (Å²) in [6, 6.07) is 6.70. The highest BCUT2D eigenvalue weighted by Crippen LogP contribution is 2.40. The number of aromatic nitrogens is 5. The van der Waals surface area contributed by atoms with Crippen LogP contribution in [0, 0.1) is 17.7 Å². The number of fused-ring (bicyclic) bond motifs is 3. The minimum absolute atomic E-state index is 0.289. The number of methoxy groups -OCH3 is 1. The summed E-state index contributed by atoms with van der Waals surface area (Å²) in [6.07, 6.45) is 4.39. The molecule has 1 aromatic carbocycles. The number of anilines is 2. The number of hydrogen-bond donors (Lipinski definition) is 1. The molecule has 3 aliphatic rings. The van der Waals surface area contributed by atoms with Crippen molar-refractivity contribution in [1.82, 2.24) is 25.0 Å². The first-order valence-corrected chi connectivity index (χ1v) is 12.4. The van der Waals surface area contributed by atoms with E-state index in [-0.39, 0.29) is 6.04 Å². The molecule has 184 valence electrons. The van der Waals surface area contributed by atoms with Gasteiger partial charge >= 0.3 is 0 Å². The summed E-state index contributed by atoms with van der Waals surface area (Å²) in [6.45, 7) is 3.09. The molecule has 2 aromatic heterocycles. The number of halogens is 2. The molecular weight excluding hydrogens is 473 g/mol. The minimum Gasteiger partial charge on any atom is -0.480 e. The Balaban J connectivity index is 1.21. The maximum Gasteiger partial charge on any atom is 0.242 e. The van der Waals surface area contributed by atoms with Crippen LogP contribution < -0.4 is 15.0 Å². The van der Waals surface area contributed by atoms with Gasteiger partial charge in [-0.1, -0.05) is 11.6 Å². The summed E-state index contributed by atoms with van der Waals surface area (Å²) in [5.74, 6) is 2.33. The maximum atomic E-state index is 14.1. The number of nitrogens with one attached hydrogen (secondary N) is 1. The molecule has 3 aromatic rings. The number of aryl methyl sites for hydroxylation is 1. The summed E-state index contributed by atoms with van der Waals surface area (Å²) >= 11 is 6.11. The van der Waals surface area contributed by atoms with Crippen molar-refractivity contribution in [3.63, 3.8) is 0 Å². The molecule has 0 amide bonds. The molecule has 1 saturated heterocycles. The van der Waals surface area contributed by atoms with E-state index in [0.29, 0.717) is 53.2 Å². The lowest BCUT2D eigenvalue weighted by atomic mass is 9.92. The zero-order valence-corrected chi connectivity index (χ0v) is 20.2. The van der Waals surface area contributed by atoms with Crippen LogP contribution in [-0.2, 0) is 11.3 Å². The van der Waals surface area contributed by atoms with Gasteiger partial charge in [0.2, 0.25) is 11.8 Å². The van der Waals surface area contributed by atoms with Gasteiger partial charge in [0.05, 0.1) is 19.0 Å².